The quantitative estimate of drug-likeness (QED) is 0.734. The number of nitrogens with zero attached hydrogens (tertiary/aromatic N) is 3. The number of aromatic nitrogens is 3. The molecule has 0 aliphatic heterocycles. The molecule has 1 aromatic carbocycles. The molecule has 0 fully saturated rings. The Labute approximate surface area is 140 Å². The van der Waals surface area contributed by atoms with Crippen LogP contribution in [-0.2, 0) is 11.3 Å². The van der Waals surface area contributed by atoms with Crippen LogP contribution in [0.25, 0.3) is 6.08 Å². The molecule has 3 aromatic rings. The van der Waals surface area contributed by atoms with Gasteiger partial charge in [-0.1, -0.05) is 30.3 Å². The van der Waals surface area contributed by atoms with Crippen LogP contribution in [-0.4, -0.2) is 20.7 Å². The molecule has 0 atom stereocenters. The minimum atomic E-state index is -0.193. The standard InChI is InChI=1S/C19H18N4O/c1-15-13-18(23(22-15)14-17-5-3-2-4-6-17)21-19(24)8-7-16-9-11-20-12-10-16/h2-13H,14H2,1H3,(H,21,24). The SMILES string of the molecule is Cc1cc(NC(=O)C=Cc2ccncc2)n(Cc2ccccc2)n1. The van der Waals surface area contributed by atoms with Gasteiger partial charge in [-0.25, -0.2) is 4.68 Å². The van der Waals surface area contributed by atoms with E-state index >= 15 is 0 Å². The molecule has 0 radical (unpaired) electrons. The second-order valence-electron chi connectivity index (χ2n) is 5.42. The van der Waals surface area contributed by atoms with Crippen molar-refractivity contribution in [1.29, 1.82) is 0 Å². The van der Waals surface area contributed by atoms with E-state index in [1.807, 2.05) is 55.5 Å². The minimum absolute atomic E-state index is 0.193. The van der Waals surface area contributed by atoms with E-state index in [-0.39, 0.29) is 5.91 Å². The van der Waals surface area contributed by atoms with Crippen molar-refractivity contribution < 1.29 is 4.79 Å². The van der Waals surface area contributed by atoms with Crippen molar-refractivity contribution >= 4 is 17.8 Å². The fraction of sp³-hybridized carbons (Fsp3) is 0.105. The van der Waals surface area contributed by atoms with Gasteiger partial charge in [0.2, 0.25) is 5.91 Å². The molecule has 0 saturated carbocycles. The van der Waals surface area contributed by atoms with Crippen molar-refractivity contribution in [3.05, 3.63) is 83.8 Å². The number of carbonyl (C=O) groups excluding carboxylic acids is 1. The van der Waals surface area contributed by atoms with Crippen LogP contribution in [0.4, 0.5) is 5.82 Å². The Balaban J connectivity index is 1.71. The van der Waals surface area contributed by atoms with Crippen molar-refractivity contribution in [3.8, 4) is 0 Å². The van der Waals surface area contributed by atoms with Crippen molar-refractivity contribution in [3.63, 3.8) is 0 Å². The highest BCUT2D eigenvalue weighted by atomic mass is 16.1. The molecule has 5 nitrogen and oxygen atoms in total. The van der Waals surface area contributed by atoms with Crippen LogP contribution >= 0.6 is 0 Å². The first-order valence-corrected chi connectivity index (χ1v) is 7.68. The number of carbonyl (C=O) groups is 1. The van der Waals surface area contributed by atoms with Crippen molar-refractivity contribution in [2.45, 2.75) is 13.5 Å². The molecule has 0 saturated heterocycles. The van der Waals surface area contributed by atoms with Gasteiger partial charge in [0, 0.05) is 24.5 Å². The number of nitrogens with one attached hydrogen (secondary N) is 1. The zero-order valence-electron chi connectivity index (χ0n) is 13.4. The third kappa shape index (κ3) is 4.16. The molecule has 120 valence electrons. The number of rotatable bonds is 5. The van der Waals surface area contributed by atoms with Crippen LogP contribution in [0, 0.1) is 6.92 Å². The van der Waals surface area contributed by atoms with E-state index in [4.69, 9.17) is 0 Å². The summed E-state index contributed by atoms with van der Waals surface area (Å²) >= 11 is 0. The Kier molecular flexibility index (Phi) is 4.81. The molecule has 5 heteroatoms. The number of benzene rings is 1. The minimum Gasteiger partial charge on any atom is -0.307 e. The van der Waals surface area contributed by atoms with Gasteiger partial charge < -0.3 is 5.32 Å². The lowest BCUT2D eigenvalue weighted by Crippen LogP contribution is -2.13. The molecule has 0 unspecified atom stereocenters. The molecule has 2 aromatic heterocycles. The van der Waals surface area contributed by atoms with Crippen LogP contribution < -0.4 is 5.32 Å². The average molecular weight is 318 g/mol. The van der Waals surface area contributed by atoms with Gasteiger partial charge in [0.1, 0.15) is 5.82 Å². The summed E-state index contributed by atoms with van der Waals surface area (Å²) in [5, 5.41) is 7.33. The molecule has 0 aliphatic rings. The number of hydrogen-bond donors (Lipinski definition) is 1. The second-order valence-corrected chi connectivity index (χ2v) is 5.42. The summed E-state index contributed by atoms with van der Waals surface area (Å²) in [6.07, 6.45) is 6.64. The maximum Gasteiger partial charge on any atom is 0.249 e. The van der Waals surface area contributed by atoms with Crippen LogP contribution in [0.15, 0.2) is 67.0 Å². The lowest BCUT2D eigenvalue weighted by molar-refractivity contribution is -0.111. The maximum atomic E-state index is 12.1. The largest absolute Gasteiger partial charge is 0.307 e. The van der Waals surface area contributed by atoms with Gasteiger partial charge in [-0.2, -0.15) is 5.10 Å². The van der Waals surface area contributed by atoms with Gasteiger partial charge in [-0.15, -0.1) is 0 Å². The second kappa shape index (κ2) is 7.37. The third-order valence-corrected chi connectivity index (χ3v) is 3.46. The van der Waals surface area contributed by atoms with Crippen LogP contribution in [0.2, 0.25) is 0 Å². The molecule has 0 bridgehead atoms. The highest BCUT2D eigenvalue weighted by molar-refractivity contribution is 6.01. The number of aryl methyl sites for hydroxylation is 1. The number of pyridine rings is 1. The van der Waals surface area contributed by atoms with Crippen molar-refractivity contribution in [1.82, 2.24) is 14.8 Å². The van der Waals surface area contributed by atoms with E-state index < -0.39 is 0 Å². The summed E-state index contributed by atoms with van der Waals surface area (Å²) in [7, 11) is 0. The predicted molar refractivity (Wildman–Crippen MR) is 94.4 cm³/mol. The summed E-state index contributed by atoms with van der Waals surface area (Å²) in [4.78, 5) is 16.1. The topological polar surface area (TPSA) is 59.8 Å². The molecule has 0 aliphatic carbocycles. The first kappa shape index (κ1) is 15.7. The summed E-state index contributed by atoms with van der Waals surface area (Å²) in [6, 6.07) is 15.6. The Morgan fingerprint density at radius 2 is 1.92 bits per heavy atom. The first-order chi connectivity index (χ1) is 11.7. The number of anilines is 1. The molecular formula is C19H18N4O. The fourth-order valence-corrected chi connectivity index (χ4v) is 2.34. The Bertz CT molecular complexity index is 838. The van der Waals surface area contributed by atoms with Gasteiger partial charge in [0.05, 0.1) is 12.2 Å². The van der Waals surface area contributed by atoms with Gasteiger partial charge >= 0.3 is 0 Å². The van der Waals surface area contributed by atoms with E-state index in [1.165, 1.54) is 6.08 Å². The number of amides is 1. The summed E-state index contributed by atoms with van der Waals surface area (Å²) < 4.78 is 1.79. The van der Waals surface area contributed by atoms with E-state index in [0.717, 1.165) is 16.8 Å². The molecule has 2 heterocycles. The summed E-state index contributed by atoms with van der Waals surface area (Å²) in [5.74, 6) is 0.488. The molecule has 1 amide bonds. The van der Waals surface area contributed by atoms with Crippen LogP contribution in [0.3, 0.4) is 0 Å². The fourth-order valence-electron chi connectivity index (χ4n) is 2.34. The zero-order chi connectivity index (χ0) is 16.8. The third-order valence-electron chi connectivity index (χ3n) is 3.46. The molecule has 0 spiro atoms. The monoisotopic (exact) mass is 318 g/mol. The van der Waals surface area contributed by atoms with Crippen LogP contribution in [0.1, 0.15) is 16.8 Å². The molecule has 3 rings (SSSR count). The van der Waals surface area contributed by atoms with Crippen molar-refractivity contribution in [2.24, 2.45) is 0 Å². The molecular weight excluding hydrogens is 300 g/mol. The predicted octanol–water partition coefficient (Wildman–Crippen LogP) is 3.29. The maximum absolute atomic E-state index is 12.1. The van der Waals surface area contributed by atoms with Gasteiger partial charge in [0.25, 0.3) is 0 Å². The Morgan fingerprint density at radius 3 is 2.67 bits per heavy atom. The normalized spacial score (nSPS) is 10.9. The number of hydrogen-bond acceptors (Lipinski definition) is 3. The lowest BCUT2D eigenvalue weighted by Gasteiger charge is -2.07. The smallest absolute Gasteiger partial charge is 0.249 e. The van der Waals surface area contributed by atoms with Gasteiger partial charge in [0.15, 0.2) is 0 Å². The Morgan fingerprint density at radius 1 is 1.17 bits per heavy atom. The highest BCUT2D eigenvalue weighted by Gasteiger charge is 2.08. The lowest BCUT2D eigenvalue weighted by atomic mass is 10.2. The van der Waals surface area contributed by atoms with E-state index in [9.17, 15) is 4.79 Å². The summed E-state index contributed by atoms with van der Waals surface area (Å²) in [5.41, 5.74) is 2.91. The van der Waals surface area contributed by atoms with Gasteiger partial charge in [-0.3, -0.25) is 9.78 Å². The van der Waals surface area contributed by atoms with Gasteiger partial charge in [-0.05, 0) is 36.3 Å². The van der Waals surface area contributed by atoms with E-state index in [2.05, 4.69) is 15.4 Å². The zero-order valence-corrected chi connectivity index (χ0v) is 13.4. The highest BCUT2D eigenvalue weighted by Crippen LogP contribution is 2.13. The van der Waals surface area contributed by atoms with Crippen LogP contribution in [0.5, 0.6) is 0 Å². The van der Waals surface area contributed by atoms with E-state index in [0.29, 0.717) is 12.4 Å². The Hall–Kier alpha value is -3.21. The van der Waals surface area contributed by atoms with E-state index in [1.54, 1.807) is 23.2 Å². The average Bonchev–Trinajstić information content (AvgIpc) is 2.94. The summed E-state index contributed by atoms with van der Waals surface area (Å²) in [6.45, 7) is 2.52. The molecule has 24 heavy (non-hydrogen) atoms. The first-order valence-electron chi connectivity index (χ1n) is 7.68. The molecule has 1 N–H and O–H groups in total. The van der Waals surface area contributed by atoms with Crippen molar-refractivity contribution in [2.75, 3.05) is 5.32 Å².